The maximum Gasteiger partial charge on any atom is 0.190 e. The summed E-state index contributed by atoms with van der Waals surface area (Å²) in [6.07, 6.45) is 5.55. The molecule has 2 rings (SSSR count). The minimum atomic E-state index is -0.639. The quantitative estimate of drug-likeness (QED) is 0.807. The highest BCUT2D eigenvalue weighted by Crippen LogP contribution is 2.38. The fourth-order valence-electron chi connectivity index (χ4n) is 2.50. The van der Waals surface area contributed by atoms with Gasteiger partial charge in [0.15, 0.2) is 17.4 Å². The van der Waals surface area contributed by atoms with Gasteiger partial charge < -0.3 is 4.74 Å². The first-order valence-corrected chi connectivity index (χ1v) is 6.98. The number of thiol groups is 1. The number of rotatable bonds is 4. The van der Waals surface area contributed by atoms with E-state index in [4.69, 9.17) is 4.74 Å². The van der Waals surface area contributed by atoms with E-state index in [9.17, 15) is 8.78 Å². The van der Waals surface area contributed by atoms with Crippen LogP contribution in [-0.2, 0) is 0 Å². The van der Waals surface area contributed by atoms with Crippen LogP contribution in [0.2, 0.25) is 0 Å². The average Bonchev–Trinajstić information content (AvgIpc) is 2.39. The Morgan fingerprint density at radius 1 is 1.11 bits per heavy atom. The molecule has 0 aromatic heterocycles. The largest absolute Gasteiger partial charge is 0.487 e. The summed E-state index contributed by atoms with van der Waals surface area (Å²) in [6, 6.07) is 3.77. The van der Waals surface area contributed by atoms with E-state index in [1.165, 1.54) is 24.6 Å². The summed E-state index contributed by atoms with van der Waals surface area (Å²) in [5.74, 6) is -0.840. The number of hydrogen-bond acceptors (Lipinski definition) is 2. The van der Waals surface area contributed by atoms with Crippen LogP contribution in [0, 0.1) is 17.0 Å². The van der Waals surface area contributed by atoms with Crippen molar-refractivity contribution in [2.24, 2.45) is 5.41 Å². The summed E-state index contributed by atoms with van der Waals surface area (Å²) >= 11 is 4.38. The van der Waals surface area contributed by atoms with E-state index in [2.05, 4.69) is 12.6 Å². The molecule has 1 aromatic carbocycles. The van der Waals surface area contributed by atoms with Crippen molar-refractivity contribution < 1.29 is 13.5 Å². The van der Waals surface area contributed by atoms with E-state index in [0.717, 1.165) is 25.7 Å². The molecule has 0 heterocycles. The molecule has 0 unspecified atom stereocenters. The van der Waals surface area contributed by atoms with Gasteiger partial charge in [-0.05, 0) is 30.7 Å². The predicted molar refractivity (Wildman–Crippen MR) is 71.2 cm³/mol. The Kier molecular flexibility index (Phi) is 4.49. The molecule has 0 spiro atoms. The highest BCUT2D eigenvalue weighted by Gasteiger charge is 2.32. The standard InChI is InChI=1S/C14H18F2OS/c15-11-5-4-6-12(16)13(11)17-9-14(10-18)7-2-1-3-8-14/h4-6,18H,1-3,7-10H2. The second-order valence-electron chi connectivity index (χ2n) is 5.06. The molecule has 1 aliphatic carbocycles. The molecular formula is C14H18F2OS. The van der Waals surface area contributed by atoms with Gasteiger partial charge in [0, 0.05) is 5.41 Å². The Morgan fingerprint density at radius 2 is 1.72 bits per heavy atom. The molecule has 0 N–H and O–H groups in total. The van der Waals surface area contributed by atoms with E-state index in [1.807, 2.05) is 0 Å². The molecule has 0 bridgehead atoms. The minimum Gasteiger partial charge on any atom is -0.487 e. The van der Waals surface area contributed by atoms with Gasteiger partial charge in [0.2, 0.25) is 0 Å². The summed E-state index contributed by atoms with van der Waals surface area (Å²) < 4.78 is 32.3. The fourth-order valence-corrected chi connectivity index (χ4v) is 2.90. The highest BCUT2D eigenvalue weighted by atomic mass is 32.1. The van der Waals surface area contributed by atoms with Gasteiger partial charge in [-0.2, -0.15) is 12.6 Å². The van der Waals surface area contributed by atoms with Crippen molar-refractivity contribution in [1.29, 1.82) is 0 Å². The molecule has 1 aromatic rings. The Hall–Kier alpha value is -0.770. The smallest absolute Gasteiger partial charge is 0.190 e. The lowest BCUT2D eigenvalue weighted by molar-refractivity contribution is 0.114. The Labute approximate surface area is 112 Å². The van der Waals surface area contributed by atoms with E-state index >= 15 is 0 Å². The van der Waals surface area contributed by atoms with Gasteiger partial charge in [-0.3, -0.25) is 0 Å². The average molecular weight is 272 g/mol. The van der Waals surface area contributed by atoms with Crippen LogP contribution >= 0.6 is 12.6 Å². The number of benzene rings is 1. The zero-order chi connectivity index (χ0) is 13.0. The maximum atomic E-state index is 13.4. The number of para-hydroxylation sites is 1. The Morgan fingerprint density at radius 3 is 2.28 bits per heavy atom. The first-order valence-electron chi connectivity index (χ1n) is 6.35. The minimum absolute atomic E-state index is 0.0317. The van der Waals surface area contributed by atoms with Crippen molar-refractivity contribution in [1.82, 2.24) is 0 Å². The van der Waals surface area contributed by atoms with E-state index < -0.39 is 11.6 Å². The van der Waals surface area contributed by atoms with Crippen molar-refractivity contribution >= 4 is 12.6 Å². The van der Waals surface area contributed by atoms with Gasteiger partial charge in [0.25, 0.3) is 0 Å². The lowest BCUT2D eigenvalue weighted by Crippen LogP contribution is -2.33. The van der Waals surface area contributed by atoms with Crippen LogP contribution in [0.4, 0.5) is 8.78 Å². The van der Waals surface area contributed by atoms with Gasteiger partial charge in [0.1, 0.15) is 0 Å². The molecule has 4 heteroatoms. The molecule has 100 valence electrons. The molecule has 1 nitrogen and oxygen atoms in total. The SMILES string of the molecule is Fc1cccc(F)c1OCC1(CS)CCCCC1. The van der Waals surface area contributed by atoms with Crippen molar-refractivity contribution in [2.75, 3.05) is 12.4 Å². The summed E-state index contributed by atoms with van der Waals surface area (Å²) in [4.78, 5) is 0. The predicted octanol–water partition coefficient (Wildman–Crippen LogP) is 4.22. The normalized spacial score (nSPS) is 18.6. The second kappa shape index (κ2) is 5.91. The van der Waals surface area contributed by atoms with Crippen LogP contribution in [0.5, 0.6) is 5.75 Å². The topological polar surface area (TPSA) is 9.23 Å². The summed E-state index contributed by atoms with van der Waals surface area (Å²) in [7, 11) is 0. The van der Waals surface area contributed by atoms with Crippen molar-refractivity contribution in [3.8, 4) is 5.75 Å². The van der Waals surface area contributed by atoms with Gasteiger partial charge >= 0.3 is 0 Å². The molecule has 1 aliphatic rings. The van der Waals surface area contributed by atoms with Gasteiger partial charge in [0.05, 0.1) is 6.61 Å². The molecule has 0 atom stereocenters. The van der Waals surface area contributed by atoms with Crippen molar-refractivity contribution in [2.45, 2.75) is 32.1 Å². The Balaban J connectivity index is 2.05. The number of halogens is 2. The van der Waals surface area contributed by atoms with Crippen LogP contribution in [0.1, 0.15) is 32.1 Å². The lowest BCUT2D eigenvalue weighted by Gasteiger charge is -2.35. The third-order valence-corrected chi connectivity index (χ3v) is 4.36. The van der Waals surface area contributed by atoms with Crippen LogP contribution in [0.3, 0.4) is 0 Å². The lowest BCUT2D eigenvalue weighted by atomic mass is 9.76. The molecule has 0 aliphatic heterocycles. The summed E-state index contributed by atoms with van der Waals surface area (Å²) in [5, 5.41) is 0. The number of ether oxygens (including phenoxy) is 1. The zero-order valence-corrected chi connectivity index (χ0v) is 11.2. The third kappa shape index (κ3) is 2.97. The maximum absolute atomic E-state index is 13.4. The monoisotopic (exact) mass is 272 g/mol. The molecule has 0 amide bonds. The van der Waals surface area contributed by atoms with Crippen LogP contribution in [0.25, 0.3) is 0 Å². The van der Waals surface area contributed by atoms with Crippen molar-refractivity contribution in [3.05, 3.63) is 29.8 Å². The van der Waals surface area contributed by atoms with Gasteiger partial charge in [-0.25, -0.2) is 8.78 Å². The van der Waals surface area contributed by atoms with Crippen molar-refractivity contribution in [3.63, 3.8) is 0 Å². The van der Waals surface area contributed by atoms with E-state index in [0.29, 0.717) is 12.4 Å². The van der Waals surface area contributed by atoms with Gasteiger partial charge in [-0.1, -0.05) is 25.3 Å². The second-order valence-corrected chi connectivity index (χ2v) is 5.37. The summed E-state index contributed by atoms with van der Waals surface area (Å²) in [5.41, 5.74) is -0.0317. The first-order chi connectivity index (χ1) is 8.67. The first kappa shape index (κ1) is 13.7. The molecule has 0 radical (unpaired) electrons. The molecular weight excluding hydrogens is 254 g/mol. The van der Waals surface area contributed by atoms with Gasteiger partial charge in [-0.15, -0.1) is 0 Å². The third-order valence-electron chi connectivity index (χ3n) is 3.69. The fraction of sp³-hybridized carbons (Fsp3) is 0.571. The highest BCUT2D eigenvalue weighted by molar-refractivity contribution is 7.80. The van der Waals surface area contributed by atoms with Crippen LogP contribution in [-0.4, -0.2) is 12.4 Å². The molecule has 1 fully saturated rings. The molecule has 1 saturated carbocycles. The van der Waals surface area contributed by atoms with E-state index in [-0.39, 0.29) is 11.2 Å². The number of hydrogen-bond donors (Lipinski definition) is 1. The zero-order valence-electron chi connectivity index (χ0n) is 10.3. The summed E-state index contributed by atoms with van der Waals surface area (Å²) in [6.45, 7) is 0.342. The van der Waals surface area contributed by atoms with E-state index in [1.54, 1.807) is 0 Å². The molecule has 18 heavy (non-hydrogen) atoms. The van der Waals surface area contributed by atoms with Crippen LogP contribution in [0.15, 0.2) is 18.2 Å². The van der Waals surface area contributed by atoms with Crippen LogP contribution < -0.4 is 4.74 Å². The molecule has 0 saturated heterocycles. The Bertz CT molecular complexity index is 383.